The van der Waals surface area contributed by atoms with Crippen molar-refractivity contribution in [3.8, 4) is 5.75 Å². The second kappa shape index (κ2) is 7.46. The van der Waals surface area contributed by atoms with Crippen LogP contribution in [-0.4, -0.2) is 23.0 Å². The van der Waals surface area contributed by atoms with E-state index in [1.165, 1.54) is 4.90 Å². The number of carbonyl (C=O) groups excluding carboxylic acids is 2. The molecule has 2 fully saturated rings. The van der Waals surface area contributed by atoms with Gasteiger partial charge in [-0.05, 0) is 41.3 Å². The summed E-state index contributed by atoms with van der Waals surface area (Å²) in [6.45, 7) is 0. The summed E-state index contributed by atoms with van der Waals surface area (Å²) in [6, 6.07) is 28.9. The number of rotatable bonds is 3. The first-order chi connectivity index (χ1) is 16.1. The average molecular weight is 436 g/mol. The molecule has 0 unspecified atom stereocenters. The molecule has 2 amide bonds. The van der Waals surface area contributed by atoms with Gasteiger partial charge in [-0.1, -0.05) is 66.7 Å². The van der Waals surface area contributed by atoms with Gasteiger partial charge in [0.1, 0.15) is 11.7 Å². The van der Waals surface area contributed by atoms with E-state index < -0.39 is 18.1 Å². The third-order valence-electron chi connectivity index (χ3n) is 6.37. The molecule has 6 heteroatoms. The molecular weight excluding hydrogens is 416 g/mol. The number of nitrogens with zero attached hydrogens (tertiary/aromatic N) is 2. The first kappa shape index (κ1) is 19.5. The molecule has 2 heterocycles. The number of hydroxylamine groups is 1. The van der Waals surface area contributed by atoms with Crippen molar-refractivity contribution in [1.82, 2.24) is 0 Å². The maximum absolute atomic E-state index is 13.8. The molecule has 1 N–H and O–H groups in total. The maximum Gasteiger partial charge on any atom is 0.266 e. The van der Waals surface area contributed by atoms with E-state index in [1.807, 2.05) is 66.7 Å². The maximum atomic E-state index is 13.8. The van der Waals surface area contributed by atoms with Crippen molar-refractivity contribution in [3.63, 3.8) is 0 Å². The summed E-state index contributed by atoms with van der Waals surface area (Å²) in [5.74, 6) is -1.26. The number of hydrogen-bond donors (Lipinski definition) is 1. The minimum absolute atomic E-state index is 0.131. The van der Waals surface area contributed by atoms with Crippen LogP contribution in [0.3, 0.4) is 0 Å². The Morgan fingerprint density at radius 2 is 1.42 bits per heavy atom. The zero-order valence-corrected chi connectivity index (χ0v) is 17.5. The SMILES string of the molecule is O=C1[C@@H]2[C@@H](ON(c3ccccc3)[C@H]2c2ccc(O)cc2)C(=O)N1c1cccc2ccccc12. The van der Waals surface area contributed by atoms with E-state index in [2.05, 4.69) is 0 Å². The number of anilines is 2. The molecule has 0 aromatic heterocycles. The minimum Gasteiger partial charge on any atom is -0.508 e. The molecule has 0 bridgehead atoms. The summed E-state index contributed by atoms with van der Waals surface area (Å²) >= 11 is 0. The van der Waals surface area contributed by atoms with Crippen LogP contribution in [0.4, 0.5) is 11.4 Å². The fraction of sp³-hybridized carbons (Fsp3) is 0.111. The number of imide groups is 1. The Kier molecular flexibility index (Phi) is 4.41. The van der Waals surface area contributed by atoms with Crippen molar-refractivity contribution in [1.29, 1.82) is 0 Å². The van der Waals surface area contributed by atoms with Crippen LogP contribution in [0.1, 0.15) is 11.6 Å². The van der Waals surface area contributed by atoms with Gasteiger partial charge < -0.3 is 5.11 Å². The van der Waals surface area contributed by atoms with E-state index in [9.17, 15) is 14.7 Å². The molecule has 0 aliphatic carbocycles. The van der Waals surface area contributed by atoms with Gasteiger partial charge in [0.05, 0.1) is 17.4 Å². The largest absolute Gasteiger partial charge is 0.508 e. The molecule has 0 saturated carbocycles. The quantitative estimate of drug-likeness (QED) is 0.476. The number of phenolic OH excluding ortho intramolecular Hbond substituents is 1. The van der Waals surface area contributed by atoms with Crippen LogP contribution in [-0.2, 0) is 14.4 Å². The fourth-order valence-corrected chi connectivity index (χ4v) is 4.86. The first-order valence-electron chi connectivity index (χ1n) is 10.8. The Labute approximate surface area is 190 Å². The normalized spacial score (nSPS) is 22.2. The van der Waals surface area contributed by atoms with Gasteiger partial charge in [-0.2, -0.15) is 0 Å². The van der Waals surface area contributed by atoms with E-state index >= 15 is 0 Å². The second-order valence-corrected chi connectivity index (χ2v) is 8.26. The highest BCUT2D eigenvalue weighted by Crippen LogP contribution is 2.48. The number of para-hydroxylation sites is 1. The van der Waals surface area contributed by atoms with Crippen LogP contribution < -0.4 is 9.96 Å². The summed E-state index contributed by atoms with van der Waals surface area (Å²) in [4.78, 5) is 34.8. The van der Waals surface area contributed by atoms with Crippen LogP contribution in [0, 0.1) is 5.92 Å². The summed E-state index contributed by atoms with van der Waals surface area (Å²) < 4.78 is 0. The summed E-state index contributed by atoms with van der Waals surface area (Å²) in [7, 11) is 0. The average Bonchev–Trinajstić information content (AvgIpc) is 3.36. The van der Waals surface area contributed by atoms with E-state index in [-0.39, 0.29) is 17.6 Å². The molecule has 33 heavy (non-hydrogen) atoms. The first-order valence-corrected chi connectivity index (χ1v) is 10.8. The lowest BCUT2D eigenvalue weighted by Gasteiger charge is -2.29. The van der Waals surface area contributed by atoms with Crippen molar-refractivity contribution >= 4 is 34.0 Å². The number of fused-ring (bicyclic) bond motifs is 2. The van der Waals surface area contributed by atoms with Gasteiger partial charge in [0, 0.05) is 5.39 Å². The van der Waals surface area contributed by atoms with E-state index in [1.54, 1.807) is 35.4 Å². The number of benzene rings is 4. The van der Waals surface area contributed by atoms with E-state index in [0.29, 0.717) is 5.69 Å². The highest BCUT2D eigenvalue weighted by atomic mass is 16.7. The Morgan fingerprint density at radius 1 is 0.727 bits per heavy atom. The summed E-state index contributed by atoms with van der Waals surface area (Å²) in [5.41, 5.74) is 2.10. The van der Waals surface area contributed by atoms with Crippen molar-refractivity contribution in [2.45, 2.75) is 12.1 Å². The predicted octanol–water partition coefficient (Wildman–Crippen LogP) is 4.60. The molecule has 0 spiro atoms. The molecule has 4 aromatic carbocycles. The molecule has 2 aliphatic rings. The highest BCUT2D eigenvalue weighted by Gasteiger charge is 2.60. The van der Waals surface area contributed by atoms with Gasteiger partial charge in [0.2, 0.25) is 5.91 Å². The Bertz CT molecular complexity index is 1360. The number of carbonyl (C=O) groups is 2. The van der Waals surface area contributed by atoms with Crippen LogP contribution >= 0.6 is 0 Å². The molecule has 3 atom stereocenters. The Balaban J connectivity index is 1.46. The van der Waals surface area contributed by atoms with Crippen molar-refractivity contribution < 1.29 is 19.5 Å². The molecule has 162 valence electrons. The van der Waals surface area contributed by atoms with Crippen LogP contribution in [0.25, 0.3) is 10.8 Å². The van der Waals surface area contributed by atoms with E-state index in [0.717, 1.165) is 22.0 Å². The van der Waals surface area contributed by atoms with Crippen LogP contribution in [0.2, 0.25) is 0 Å². The van der Waals surface area contributed by atoms with Crippen LogP contribution in [0.5, 0.6) is 5.75 Å². The monoisotopic (exact) mass is 436 g/mol. The van der Waals surface area contributed by atoms with Gasteiger partial charge in [0.15, 0.2) is 6.10 Å². The van der Waals surface area contributed by atoms with Crippen LogP contribution in [0.15, 0.2) is 97.1 Å². The number of phenols is 1. The third kappa shape index (κ3) is 2.99. The van der Waals surface area contributed by atoms with Gasteiger partial charge in [0.25, 0.3) is 5.91 Å². The molecular formula is C27H20N2O4. The zero-order chi connectivity index (χ0) is 22.5. The number of amides is 2. The zero-order valence-electron chi connectivity index (χ0n) is 17.5. The molecule has 6 nitrogen and oxygen atoms in total. The Hall–Kier alpha value is -4.16. The Morgan fingerprint density at radius 3 is 2.21 bits per heavy atom. The van der Waals surface area contributed by atoms with Crippen molar-refractivity contribution in [2.24, 2.45) is 5.92 Å². The van der Waals surface area contributed by atoms with Crippen molar-refractivity contribution in [3.05, 3.63) is 103 Å². The van der Waals surface area contributed by atoms with Gasteiger partial charge >= 0.3 is 0 Å². The number of aromatic hydroxyl groups is 1. The lowest BCUT2D eigenvalue weighted by atomic mass is 9.90. The summed E-state index contributed by atoms with van der Waals surface area (Å²) in [5, 5.41) is 13.2. The van der Waals surface area contributed by atoms with Gasteiger partial charge in [-0.3, -0.25) is 14.4 Å². The lowest BCUT2D eigenvalue weighted by Crippen LogP contribution is -2.37. The second-order valence-electron chi connectivity index (χ2n) is 8.26. The van der Waals surface area contributed by atoms with Crippen molar-refractivity contribution in [2.75, 3.05) is 9.96 Å². The van der Waals surface area contributed by atoms with E-state index in [4.69, 9.17) is 4.84 Å². The standard InChI is InChI=1S/C27H20N2O4/c30-20-15-13-18(14-16-20)24-23-25(33-29(24)19-9-2-1-3-10-19)27(32)28(26(23)31)22-12-6-8-17-7-4-5-11-21(17)22/h1-16,23-25,30H/t23-,24-,25+/m0/s1. The molecule has 0 radical (unpaired) electrons. The smallest absolute Gasteiger partial charge is 0.266 e. The predicted molar refractivity (Wildman–Crippen MR) is 125 cm³/mol. The van der Waals surface area contributed by atoms with Gasteiger partial charge in [-0.25, -0.2) is 9.96 Å². The highest BCUT2D eigenvalue weighted by molar-refractivity contribution is 6.26. The minimum atomic E-state index is -0.935. The molecule has 2 aliphatic heterocycles. The third-order valence-corrected chi connectivity index (χ3v) is 6.37. The number of hydrogen-bond acceptors (Lipinski definition) is 5. The lowest BCUT2D eigenvalue weighted by molar-refractivity contribution is -0.126. The molecule has 2 saturated heterocycles. The fourth-order valence-electron chi connectivity index (χ4n) is 4.86. The molecule has 6 rings (SSSR count). The summed E-state index contributed by atoms with van der Waals surface area (Å²) in [6.07, 6.45) is -0.935. The molecule has 4 aromatic rings. The topological polar surface area (TPSA) is 70.1 Å². The van der Waals surface area contributed by atoms with Gasteiger partial charge in [-0.15, -0.1) is 0 Å².